The number of thioether (sulfide) groups is 1. The summed E-state index contributed by atoms with van der Waals surface area (Å²) in [4.78, 5) is 55.3. The van der Waals surface area contributed by atoms with Gasteiger partial charge in [0.1, 0.15) is 11.8 Å². The molecule has 4 heterocycles. The number of carbonyl (C=O) groups is 3. The molecule has 3 amide bonds. The molecule has 2 saturated heterocycles. The number of carbonyl (C=O) groups excluding carboxylic acids is 3. The fourth-order valence-corrected chi connectivity index (χ4v) is 7.93. The highest BCUT2D eigenvalue weighted by Gasteiger charge is 2.59. The Bertz CT molecular complexity index is 1310. The van der Waals surface area contributed by atoms with Crippen LogP contribution in [0.1, 0.15) is 24.3 Å². The van der Waals surface area contributed by atoms with E-state index >= 15 is 0 Å². The van der Waals surface area contributed by atoms with Gasteiger partial charge in [0.15, 0.2) is 0 Å². The van der Waals surface area contributed by atoms with Gasteiger partial charge in [0.2, 0.25) is 17.7 Å². The predicted octanol–water partition coefficient (Wildman–Crippen LogP) is 2.73. The maximum Gasteiger partial charge on any atom is 0.416 e. The minimum atomic E-state index is -4.63. The van der Waals surface area contributed by atoms with E-state index in [-0.39, 0.29) is 23.0 Å². The monoisotopic (exact) mass is 541 g/mol. The minimum absolute atomic E-state index is 0.145. The van der Waals surface area contributed by atoms with E-state index in [0.29, 0.717) is 36.2 Å². The highest BCUT2D eigenvalue weighted by atomic mass is 32.2. The van der Waals surface area contributed by atoms with Crippen LogP contribution in [-0.4, -0.2) is 58.7 Å². The lowest BCUT2D eigenvalue weighted by molar-refractivity contribution is -0.138. The Balaban J connectivity index is 1.49. The number of hydrogen-bond acceptors (Lipinski definition) is 7. The molecule has 0 saturated carbocycles. The zero-order chi connectivity index (χ0) is 26.0. The summed E-state index contributed by atoms with van der Waals surface area (Å²) in [7, 11) is 0. The maximum atomic E-state index is 13.5. The molecule has 0 N–H and O–H groups in total. The summed E-state index contributed by atoms with van der Waals surface area (Å²) in [6, 6.07) is 4.12. The lowest BCUT2D eigenvalue weighted by Gasteiger charge is -2.36. The van der Waals surface area contributed by atoms with E-state index < -0.39 is 40.1 Å². The number of thiazole rings is 1. The Hall–Kier alpha value is -2.64. The molecule has 3 aliphatic heterocycles. The second-order valence-corrected chi connectivity index (χ2v) is 11.5. The van der Waals surface area contributed by atoms with E-state index in [9.17, 15) is 32.3 Å². The van der Waals surface area contributed by atoms with Gasteiger partial charge in [-0.1, -0.05) is 43.0 Å². The second-order valence-electron chi connectivity index (χ2n) is 9.38. The van der Waals surface area contributed by atoms with Crippen LogP contribution in [0.5, 0.6) is 0 Å². The average molecular weight is 542 g/mol. The van der Waals surface area contributed by atoms with Crippen LogP contribution in [0, 0.1) is 5.92 Å². The highest BCUT2D eigenvalue weighted by Crippen LogP contribution is 2.54. The summed E-state index contributed by atoms with van der Waals surface area (Å²) in [5.74, 6) is -2.37. The summed E-state index contributed by atoms with van der Waals surface area (Å²) in [5, 5.41) is -0.488. The van der Waals surface area contributed by atoms with E-state index in [1.165, 1.54) is 10.6 Å². The van der Waals surface area contributed by atoms with E-state index in [4.69, 9.17) is 4.74 Å². The number of anilines is 1. The number of rotatable bonds is 3. The fourth-order valence-electron chi connectivity index (χ4n) is 4.89. The Labute approximate surface area is 212 Å². The quantitative estimate of drug-likeness (QED) is 0.556. The third-order valence-electron chi connectivity index (χ3n) is 6.79. The summed E-state index contributed by atoms with van der Waals surface area (Å²) in [6.45, 7) is 4.95. The van der Waals surface area contributed by atoms with Crippen LogP contribution in [0.2, 0.25) is 0 Å². The first-order valence-electron chi connectivity index (χ1n) is 11.2. The van der Waals surface area contributed by atoms with Crippen molar-refractivity contribution in [1.29, 1.82) is 0 Å². The van der Waals surface area contributed by atoms with Crippen LogP contribution >= 0.6 is 23.1 Å². The summed E-state index contributed by atoms with van der Waals surface area (Å²) >= 11 is 1.96. The molecule has 2 fully saturated rings. The topological polar surface area (TPSA) is 88.9 Å². The van der Waals surface area contributed by atoms with Crippen LogP contribution in [0.3, 0.4) is 0 Å². The first-order chi connectivity index (χ1) is 16.9. The molecule has 5 rings (SSSR count). The van der Waals surface area contributed by atoms with E-state index in [1.807, 2.05) is 0 Å². The number of fused-ring (bicyclic) bond motifs is 2. The summed E-state index contributed by atoms with van der Waals surface area (Å²) in [5.41, 5.74) is -2.06. The van der Waals surface area contributed by atoms with Crippen molar-refractivity contribution in [3.05, 3.63) is 44.4 Å². The SMILES string of the molecule is CC1(C)c2sc(=O)n(CC(=O)N3CCOCC3)c2S[C@@H]2C(=O)N(c3cccc(C(F)(F)F)c3)C(=O)[C@@H]21. The zero-order valence-corrected chi connectivity index (χ0v) is 21.0. The van der Waals surface area contributed by atoms with Crippen molar-refractivity contribution in [1.82, 2.24) is 9.47 Å². The van der Waals surface area contributed by atoms with Crippen LogP contribution in [0.15, 0.2) is 34.1 Å². The second kappa shape index (κ2) is 8.73. The molecule has 0 unspecified atom stereocenters. The number of amides is 3. The number of alkyl halides is 3. The van der Waals surface area contributed by atoms with Crippen LogP contribution in [-0.2, 0) is 37.3 Å². The predicted molar refractivity (Wildman–Crippen MR) is 126 cm³/mol. The van der Waals surface area contributed by atoms with Crippen LogP contribution in [0.25, 0.3) is 0 Å². The van der Waals surface area contributed by atoms with E-state index in [0.717, 1.165) is 46.2 Å². The van der Waals surface area contributed by atoms with Crippen molar-refractivity contribution >= 4 is 46.5 Å². The van der Waals surface area contributed by atoms with Gasteiger partial charge in [-0.15, -0.1) is 0 Å². The van der Waals surface area contributed by atoms with Gasteiger partial charge in [0.25, 0.3) is 0 Å². The molecule has 3 aliphatic rings. The molecular weight excluding hydrogens is 519 g/mol. The van der Waals surface area contributed by atoms with Gasteiger partial charge in [0.05, 0.1) is 35.4 Å². The number of nitrogens with zero attached hydrogens (tertiary/aromatic N) is 3. The number of morpholine rings is 1. The number of benzene rings is 1. The van der Waals surface area contributed by atoms with Gasteiger partial charge in [-0.2, -0.15) is 13.2 Å². The van der Waals surface area contributed by atoms with Crippen molar-refractivity contribution in [2.45, 2.75) is 42.3 Å². The van der Waals surface area contributed by atoms with Crippen LogP contribution in [0.4, 0.5) is 18.9 Å². The van der Waals surface area contributed by atoms with Gasteiger partial charge in [0, 0.05) is 23.4 Å². The lowest BCUT2D eigenvalue weighted by atomic mass is 9.76. The Morgan fingerprint density at radius 2 is 1.83 bits per heavy atom. The van der Waals surface area contributed by atoms with E-state index in [2.05, 4.69) is 0 Å². The molecule has 0 bridgehead atoms. The van der Waals surface area contributed by atoms with Crippen molar-refractivity contribution in [2.24, 2.45) is 5.92 Å². The highest BCUT2D eigenvalue weighted by molar-refractivity contribution is 8.00. The lowest BCUT2D eigenvalue weighted by Crippen LogP contribution is -2.44. The van der Waals surface area contributed by atoms with Gasteiger partial charge in [-0.3, -0.25) is 23.7 Å². The number of halogens is 3. The molecule has 0 spiro atoms. The van der Waals surface area contributed by atoms with Gasteiger partial charge in [-0.25, -0.2) is 4.90 Å². The Kier molecular flexibility index (Phi) is 6.07. The number of ether oxygens (including phenoxy) is 1. The van der Waals surface area contributed by atoms with Crippen molar-refractivity contribution < 1.29 is 32.3 Å². The summed E-state index contributed by atoms with van der Waals surface area (Å²) < 4.78 is 46.4. The molecule has 1 aromatic heterocycles. The average Bonchev–Trinajstić information content (AvgIpc) is 3.28. The van der Waals surface area contributed by atoms with Gasteiger partial charge >= 0.3 is 11.0 Å². The summed E-state index contributed by atoms with van der Waals surface area (Å²) in [6.07, 6.45) is -4.63. The zero-order valence-electron chi connectivity index (χ0n) is 19.3. The third-order valence-corrected chi connectivity index (χ3v) is 9.62. The first-order valence-corrected chi connectivity index (χ1v) is 12.9. The number of imide groups is 1. The molecule has 192 valence electrons. The molecule has 36 heavy (non-hydrogen) atoms. The van der Waals surface area contributed by atoms with Crippen molar-refractivity contribution in [3.8, 4) is 0 Å². The molecule has 2 atom stereocenters. The normalized spacial score (nSPS) is 23.6. The largest absolute Gasteiger partial charge is 0.416 e. The smallest absolute Gasteiger partial charge is 0.378 e. The Morgan fingerprint density at radius 3 is 2.50 bits per heavy atom. The van der Waals surface area contributed by atoms with E-state index in [1.54, 1.807) is 18.7 Å². The fraction of sp³-hybridized carbons (Fsp3) is 0.478. The van der Waals surface area contributed by atoms with Gasteiger partial charge < -0.3 is 9.64 Å². The molecule has 0 radical (unpaired) electrons. The molecule has 8 nitrogen and oxygen atoms in total. The first kappa shape index (κ1) is 25.0. The van der Waals surface area contributed by atoms with Gasteiger partial charge in [-0.05, 0) is 18.2 Å². The Morgan fingerprint density at radius 1 is 1.14 bits per heavy atom. The molecule has 0 aliphatic carbocycles. The third kappa shape index (κ3) is 3.97. The maximum absolute atomic E-state index is 13.5. The standard InChI is InChI=1S/C23H22F3N3O5S2/c1-22(2)15-16(19(32)29(18(15)31)13-5-3-4-12(10-13)23(24,25)26)35-20-17(22)36-21(33)28(20)11-14(30)27-6-8-34-9-7-27/h3-5,10,15-16H,6-9,11H2,1-2H3/t15-,16+/m1/s1. The minimum Gasteiger partial charge on any atom is -0.378 e. The molecule has 2 aromatic rings. The molecule has 13 heteroatoms. The number of hydrogen-bond donors (Lipinski definition) is 0. The van der Waals surface area contributed by atoms with Crippen LogP contribution < -0.4 is 9.77 Å². The molecule has 1 aromatic carbocycles. The molecular formula is C23H22F3N3O5S2. The van der Waals surface area contributed by atoms with Crippen molar-refractivity contribution in [2.75, 3.05) is 31.2 Å². The number of aromatic nitrogens is 1. The van der Waals surface area contributed by atoms with Crippen molar-refractivity contribution in [3.63, 3.8) is 0 Å².